The Balaban J connectivity index is 2.29. The lowest BCUT2D eigenvalue weighted by Crippen LogP contribution is -2.13. The number of hydrogen-bond acceptors (Lipinski definition) is 6. The van der Waals surface area contributed by atoms with Crippen LogP contribution in [0.15, 0.2) is 6.20 Å². The molecule has 0 aliphatic rings. The zero-order valence-corrected chi connectivity index (χ0v) is 15.7. The Kier molecular flexibility index (Phi) is 4.91. The molecule has 23 heavy (non-hydrogen) atoms. The molecule has 5 nitrogen and oxygen atoms in total. The number of thiazole rings is 1. The lowest BCUT2D eigenvalue weighted by atomic mass is 9.98. The average Bonchev–Trinajstić information content (AvgIpc) is 3.05. The number of esters is 1. The minimum Gasteiger partial charge on any atom is -0.465 e. The van der Waals surface area contributed by atoms with Gasteiger partial charge in [0, 0.05) is 10.3 Å². The van der Waals surface area contributed by atoms with Gasteiger partial charge in [0.15, 0.2) is 0 Å². The summed E-state index contributed by atoms with van der Waals surface area (Å²) in [6.45, 7) is 9.91. The van der Waals surface area contributed by atoms with Crippen LogP contribution in [-0.2, 0) is 10.2 Å². The number of aromatic nitrogens is 1. The number of aryl methyl sites for hydroxylation is 1. The highest BCUT2D eigenvalue weighted by molar-refractivity contribution is 7.17. The van der Waals surface area contributed by atoms with E-state index in [2.05, 4.69) is 31.1 Å². The van der Waals surface area contributed by atoms with Gasteiger partial charge >= 0.3 is 5.97 Å². The molecule has 0 aliphatic heterocycles. The highest BCUT2D eigenvalue weighted by atomic mass is 32.1. The molecule has 2 aromatic rings. The van der Waals surface area contributed by atoms with E-state index in [0.29, 0.717) is 15.4 Å². The Hall–Kier alpha value is -1.73. The number of anilines is 1. The van der Waals surface area contributed by atoms with E-state index in [1.54, 1.807) is 6.20 Å². The van der Waals surface area contributed by atoms with Gasteiger partial charge < -0.3 is 10.1 Å². The van der Waals surface area contributed by atoms with Gasteiger partial charge in [0.2, 0.25) is 0 Å². The molecule has 0 radical (unpaired) electrons. The third-order valence-corrected chi connectivity index (χ3v) is 5.92. The Morgan fingerprint density at radius 1 is 1.22 bits per heavy atom. The fourth-order valence-corrected chi connectivity index (χ4v) is 3.87. The quantitative estimate of drug-likeness (QED) is 0.842. The van der Waals surface area contributed by atoms with Crippen LogP contribution in [-0.4, -0.2) is 24.0 Å². The van der Waals surface area contributed by atoms with E-state index in [0.717, 1.165) is 15.4 Å². The van der Waals surface area contributed by atoms with Gasteiger partial charge in [0.25, 0.3) is 5.91 Å². The van der Waals surface area contributed by atoms with Gasteiger partial charge in [-0.15, -0.1) is 22.7 Å². The maximum atomic E-state index is 12.5. The number of carbonyl (C=O) groups is 2. The topological polar surface area (TPSA) is 68.3 Å². The fraction of sp³-hybridized carbons (Fsp3) is 0.438. The van der Waals surface area contributed by atoms with Crippen LogP contribution in [0.4, 0.5) is 5.00 Å². The molecule has 0 unspecified atom stereocenters. The molecule has 0 fully saturated rings. The molecule has 0 bridgehead atoms. The van der Waals surface area contributed by atoms with Crippen LogP contribution in [0.5, 0.6) is 0 Å². The summed E-state index contributed by atoms with van der Waals surface area (Å²) in [6, 6.07) is 0. The highest BCUT2D eigenvalue weighted by Crippen LogP contribution is 2.34. The molecule has 2 heterocycles. The van der Waals surface area contributed by atoms with Crippen molar-refractivity contribution in [2.45, 2.75) is 40.0 Å². The minimum atomic E-state index is -0.443. The van der Waals surface area contributed by atoms with E-state index in [1.807, 2.05) is 13.8 Å². The predicted molar refractivity (Wildman–Crippen MR) is 93.9 cm³/mol. The Bertz CT molecular complexity index is 754. The zero-order chi connectivity index (χ0) is 17.4. The molecule has 0 aromatic carbocycles. The van der Waals surface area contributed by atoms with Crippen LogP contribution in [0.3, 0.4) is 0 Å². The van der Waals surface area contributed by atoms with E-state index in [-0.39, 0.29) is 11.3 Å². The van der Waals surface area contributed by atoms with Crippen molar-refractivity contribution in [3.05, 3.63) is 32.1 Å². The second-order valence-electron chi connectivity index (χ2n) is 6.21. The molecule has 2 rings (SSSR count). The number of ether oxygens (including phenoxy) is 1. The van der Waals surface area contributed by atoms with Crippen LogP contribution in [0, 0.1) is 13.8 Å². The third-order valence-electron chi connectivity index (χ3n) is 3.37. The molecule has 124 valence electrons. The first kappa shape index (κ1) is 17.6. The third kappa shape index (κ3) is 3.61. The summed E-state index contributed by atoms with van der Waals surface area (Å²) in [5, 5.41) is 4.23. The summed E-state index contributed by atoms with van der Waals surface area (Å²) in [5.41, 5.74) is 1.15. The molecule has 2 aromatic heterocycles. The first-order chi connectivity index (χ1) is 10.6. The normalized spacial score (nSPS) is 11.4. The second-order valence-corrected chi connectivity index (χ2v) is 8.47. The van der Waals surface area contributed by atoms with Crippen molar-refractivity contribution in [3.8, 4) is 0 Å². The maximum Gasteiger partial charge on any atom is 0.341 e. The molecule has 1 amide bonds. The number of carbonyl (C=O) groups excluding carboxylic acids is 2. The van der Waals surface area contributed by atoms with Gasteiger partial charge in [-0.3, -0.25) is 4.79 Å². The Labute approximate surface area is 143 Å². The lowest BCUT2D eigenvalue weighted by molar-refractivity contribution is 0.0601. The minimum absolute atomic E-state index is 0.101. The first-order valence-electron chi connectivity index (χ1n) is 7.11. The van der Waals surface area contributed by atoms with Crippen molar-refractivity contribution < 1.29 is 14.3 Å². The average molecular weight is 352 g/mol. The van der Waals surface area contributed by atoms with Gasteiger partial charge in [0.1, 0.15) is 9.88 Å². The van der Waals surface area contributed by atoms with Crippen molar-refractivity contribution in [3.63, 3.8) is 0 Å². The molecule has 0 aliphatic carbocycles. The van der Waals surface area contributed by atoms with Crippen LogP contribution in [0.2, 0.25) is 0 Å². The maximum absolute atomic E-state index is 12.5. The molecule has 0 saturated heterocycles. The predicted octanol–water partition coefficient (Wildman–Crippen LogP) is 4.16. The van der Waals surface area contributed by atoms with E-state index in [9.17, 15) is 9.59 Å². The number of hydrogen-bond donors (Lipinski definition) is 1. The number of nitrogens with one attached hydrogen (secondary N) is 1. The molecule has 0 saturated carbocycles. The van der Waals surface area contributed by atoms with Crippen molar-refractivity contribution >= 4 is 39.6 Å². The number of thiophene rings is 1. The number of amides is 1. The van der Waals surface area contributed by atoms with Crippen molar-refractivity contribution in [2.24, 2.45) is 0 Å². The van der Waals surface area contributed by atoms with E-state index in [1.165, 1.54) is 29.8 Å². The van der Waals surface area contributed by atoms with E-state index < -0.39 is 5.97 Å². The zero-order valence-electron chi connectivity index (χ0n) is 14.1. The van der Waals surface area contributed by atoms with Gasteiger partial charge in [0.05, 0.1) is 23.9 Å². The number of rotatable bonds is 3. The summed E-state index contributed by atoms with van der Waals surface area (Å²) >= 11 is 2.73. The Morgan fingerprint density at radius 3 is 2.39 bits per heavy atom. The monoisotopic (exact) mass is 352 g/mol. The summed E-state index contributed by atoms with van der Waals surface area (Å²) in [6.07, 6.45) is 1.58. The van der Waals surface area contributed by atoms with E-state index >= 15 is 0 Å². The summed E-state index contributed by atoms with van der Waals surface area (Å²) in [5.74, 6) is -0.703. The van der Waals surface area contributed by atoms with Gasteiger partial charge in [-0.2, -0.15) is 0 Å². The summed E-state index contributed by atoms with van der Waals surface area (Å²) in [4.78, 5) is 30.2. The van der Waals surface area contributed by atoms with Crippen molar-refractivity contribution in [1.82, 2.24) is 4.98 Å². The van der Waals surface area contributed by atoms with Crippen LogP contribution >= 0.6 is 22.7 Å². The van der Waals surface area contributed by atoms with Gasteiger partial charge in [-0.25, -0.2) is 9.78 Å². The van der Waals surface area contributed by atoms with E-state index in [4.69, 9.17) is 4.74 Å². The van der Waals surface area contributed by atoms with Crippen LogP contribution < -0.4 is 5.32 Å². The van der Waals surface area contributed by atoms with Crippen molar-refractivity contribution in [2.75, 3.05) is 12.4 Å². The molecule has 0 atom stereocenters. The van der Waals surface area contributed by atoms with Gasteiger partial charge in [-0.05, 0) is 19.4 Å². The number of methoxy groups -OCH3 is 1. The second kappa shape index (κ2) is 6.41. The van der Waals surface area contributed by atoms with Crippen molar-refractivity contribution in [1.29, 1.82) is 0 Å². The standard InChI is InChI=1S/C16H20N2O3S2/c1-8-9(2)22-13(11(8)14(20)21-6)18-12(19)10-7-17-15(23-10)16(3,4)5/h7H,1-6H3,(H,18,19). The fourth-order valence-electron chi connectivity index (χ4n) is 1.95. The highest BCUT2D eigenvalue weighted by Gasteiger charge is 2.24. The lowest BCUT2D eigenvalue weighted by Gasteiger charge is -2.13. The van der Waals surface area contributed by atoms with Gasteiger partial charge in [-0.1, -0.05) is 20.8 Å². The summed E-state index contributed by atoms with van der Waals surface area (Å²) in [7, 11) is 1.33. The van der Waals surface area contributed by atoms with Crippen LogP contribution in [0.25, 0.3) is 0 Å². The smallest absolute Gasteiger partial charge is 0.341 e. The molecule has 1 N–H and O–H groups in total. The van der Waals surface area contributed by atoms with Crippen LogP contribution in [0.1, 0.15) is 56.2 Å². The molecule has 7 heteroatoms. The Morgan fingerprint density at radius 2 is 1.87 bits per heavy atom. The molecular weight excluding hydrogens is 332 g/mol. The first-order valence-corrected chi connectivity index (χ1v) is 8.74. The molecule has 0 spiro atoms. The SMILES string of the molecule is COC(=O)c1c(NC(=O)c2cnc(C(C)(C)C)s2)sc(C)c1C. The summed E-state index contributed by atoms with van der Waals surface area (Å²) < 4.78 is 4.81. The largest absolute Gasteiger partial charge is 0.465 e. The molecular formula is C16H20N2O3S2. The number of nitrogens with zero attached hydrogens (tertiary/aromatic N) is 1.